The molecule has 8 heteroatoms. The van der Waals surface area contributed by atoms with Gasteiger partial charge < -0.3 is 10.6 Å². The van der Waals surface area contributed by atoms with Crippen LogP contribution in [0.3, 0.4) is 0 Å². The summed E-state index contributed by atoms with van der Waals surface area (Å²) in [6.07, 6.45) is 0.666. The fourth-order valence-electron chi connectivity index (χ4n) is 1.83. The lowest BCUT2D eigenvalue weighted by Gasteiger charge is -2.13. The molecule has 1 aliphatic heterocycles. The molecule has 21 heavy (non-hydrogen) atoms. The fraction of sp³-hybridized carbons (Fsp3) is 0.385. The van der Waals surface area contributed by atoms with Crippen LogP contribution in [0.25, 0.3) is 0 Å². The summed E-state index contributed by atoms with van der Waals surface area (Å²) in [5.74, 6) is 0.642. The number of nitrogen functional groups attached to an aromatic ring is 1. The Labute approximate surface area is 134 Å². The molecule has 1 aliphatic rings. The predicted octanol–water partition coefficient (Wildman–Crippen LogP) is 1.74. The van der Waals surface area contributed by atoms with Crippen LogP contribution in [0.1, 0.15) is 16.8 Å². The molecule has 1 amide bonds. The second kappa shape index (κ2) is 8.07. The van der Waals surface area contributed by atoms with E-state index in [4.69, 9.17) is 22.2 Å². The number of hydrogen-bond acceptors (Lipinski definition) is 5. The standard InChI is InChI=1S/C13H17ClN4O2.ClH/c1-18-6-5-16-12(18)4-7-20-17-13(19)9-2-3-11(15)10(14)8-9;/h2-3,8H,4-7,15H2,1H3,(H,17,19);1H. The number of carbonyl (C=O) groups is 1. The molecule has 6 nitrogen and oxygen atoms in total. The molecule has 1 aromatic carbocycles. The molecule has 0 bridgehead atoms. The van der Waals surface area contributed by atoms with Crippen molar-refractivity contribution in [1.29, 1.82) is 0 Å². The number of carbonyl (C=O) groups excluding carboxylic acids is 1. The lowest BCUT2D eigenvalue weighted by Crippen LogP contribution is -2.28. The largest absolute Gasteiger partial charge is 0.398 e. The van der Waals surface area contributed by atoms with Crippen molar-refractivity contribution < 1.29 is 9.63 Å². The number of hydrogen-bond donors (Lipinski definition) is 2. The summed E-state index contributed by atoms with van der Waals surface area (Å²) in [5.41, 5.74) is 8.79. The lowest BCUT2D eigenvalue weighted by molar-refractivity contribution is 0.0335. The third kappa shape index (κ3) is 4.77. The molecule has 3 N–H and O–H groups in total. The molecule has 0 unspecified atom stereocenters. The Morgan fingerprint density at radius 3 is 2.95 bits per heavy atom. The number of amides is 1. The zero-order valence-corrected chi connectivity index (χ0v) is 13.2. The summed E-state index contributed by atoms with van der Waals surface area (Å²) in [6, 6.07) is 4.68. The number of halogens is 2. The highest BCUT2D eigenvalue weighted by molar-refractivity contribution is 6.33. The van der Waals surface area contributed by atoms with Gasteiger partial charge in [-0.3, -0.25) is 14.6 Å². The van der Waals surface area contributed by atoms with Gasteiger partial charge >= 0.3 is 0 Å². The van der Waals surface area contributed by atoms with Gasteiger partial charge in [0.05, 0.1) is 23.9 Å². The van der Waals surface area contributed by atoms with E-state index in [-0.39, 0.29) is 18.3 Å². The third-order valence-corrected chi connectivity index (χ3v) is 3.35. The topological polar surface area (TPSA) is 80.0 Å². The third-order valence-electron chi connectivity index (χ3n) is 3.03. The molecule has 1 aromatic rings. The van der Waals surface area contributed by atoms with Gasteiger partial charge in [0.2, 0.25) is 0 Å². The summed E-state index contributed by atoms with van der Waals surface area (Å²) >= 11 is 5.85. The van der Waals surface area contributed by atoms with Crippen molar-refractivity contribution in [2.24, 2.45) is 4.99 Å². The van der Waals surface area contributed by atoms with Gasteiger partial charge in [0.25, 0.3) is 5.91 Å². The first-order valence-corrected chi connectivity index (χ1v) is 6.67. The van der Waals surface area contributed by atoms with E-state index in [0.717, 1.165) is 18.9 Å². The minimum atomic E-state index is -0.353. The fourth-order valence-corrected chi connectivity index (χ4v) is 2.02. The summed E-state index contributed by atoms with van der Waals surface area (Å²) in [7, 11) is 1.99. The van der Waals surface area contributed by atoms with Crippen LogP contribution in [0.4, 0.5) is 5.69 Å². The second-order valence-electron chi connectivity index (χ2n) is 4.49. The molecule has 2 rings (SSSR count). The number of aliphatic imine (C=N–C) groups is 1. The predicted molar refractivity (Wildman–Crippen MR) is 86.1 cm³/mol. The van der Waals surface area contributed by atoms with Crippen LogP contribution in [-0.4, -0.2) is 43.4 Å². The maximum absolute atomic E-state index is 11.8. The Kier molecular flexibility index (Phi) is 6.74. The molecular weight excluding hydrogens is 315 g/mol. The van der Waals surface area contributed by atoms with Gasteiger partial charge in [0.1, 0.15) is 5.84 Å². The van der Waals surface area contributed by atoms with E-state index in [0.29, 0.717) is 29.3 Å². The Morgan fingerprint density at radius 2 is 2.33 bits per heavy atom. The molecule has 0 aromatic heterocycles. The number of benzene rings is 1. The van der Waals surface area contributed by atoms with Crippen molar-refractivity contribution in [2.45, 2.75) is 6.42 Å². The molecule has 0 saturated carbocycles. The van der Waals surface area contributed by atoms with Crippen LogP contribution in [0.15, 0.2) is 23.2 Å². The van der Waals surface area contributed by atoms with Crippen LogP contribution in [0.5, 0.6) is 0 Å². The zero-order chi connectivity index (χ0) is 14.5. The highest BCUT2D eigenvalue weighted by atomic mass is 35.5. The number of rotatable bonds is 5. The molecule has 0 spiro atoms. The van der Waals surface area contributed by atoms with E-state index in [1.165, 1.54) is 6.07 Å². The van der Waals surface area contributed by atoms with Gasteiger partial charge in [-0.15, -0.1) is 12.4 Å². The molecular formula is C13H18Cl2N4O2. The van der Waals surface area contributed by atoms with Gasteiger partial charge in [0, 0.05) is 25.6 Å². The number of nitrogens with two attached hydrogens (primary N) is 1. The molecule has 0 atom stereocenters. The first-order chi connectivity index (χ1) is 9.58. The number of hydroxylamine groups is 1. The van der Waals surface area contributed by atoms with E-state index in [1.54, 1.807) is 12.1 Å². The number of likely N-dealkylation sites (N-methyl/N-ethyl adjacent to an activating group) is 1. The van der Waals surface area contributed by atoms with Gasteiger partial charge in [-0.25, -0.2) is 5.48 Å². The quantitative estimate of drug-likeness (QED) is 0.489. The molecule has 1 heterocycles. The van der Waals surface area contributed by atoms with Crippen LogP contribution in [0, 0.1) is 0 Å². The van der Waals surface area contributed by atoms with Crippen molar-refractivity contribution in [3.05, 3.63) is 28.8 Å². The number of nitrogens with one attached hydrogen (secondary N) is 1. The van der Waals surface area contributed by atoms with E-state index in [1.807, 2.05) is 7.05 Å². The average molecular weight is 333 g/mol. The highest BCUT2D eigenvalue weighted by Gasteiger charge is 2.12. The number of nitrogens with zero attached hydrogens (tertiary/aromatic N) is 2. The van der Waals surface area contributed by atoms with Crippen LogP contribution in [-0.2, 0) is 4.84 Å². The maximum Gasteiger partial charge on any atom is 0.274 e. The van der Waals surface area contributed by atoms with E-state index in [9.17, 15) is 4.79 Å². The average Bonchev–Trinajstić information content (AvgIpc) is 2.83. The molecule has 0 saturated heterocycles. The Bertz CT molecular complexity index is 537. The first-order valence-electron chi connectivity index (χ1n) is 6.29. The number of amidine groups is 1. The van der Waals surface area contributed by atoms with Gasteiger partial charge in [-0.2, -0.15) is 0 Å². The Balaban J connectivity index is 0.00000220. The minimum absolute atomic E-state index is 0. The Hall–Kier alpha value is -1.50. The summed E-state index contributed by atoms with van der Waals surface area (Å²) < 4.78 is 0. The van der Waals surface area contributed by atoms with Crippen LogP contribution >= 0.6 is 24.0 Å². The van der Waals surface area contributed by atoms with Crippen molar-refractivity contribution in [3.63, 3.8) is 0 Å². The van der Waals surface area contributed by atoms with Crippen molar-refractivity contribution in [3.8, 4) is 0 Å². The van der Waals surface area contributed by atoms with Gasteiger partial charge in [-0.05, 0) is 18.2 Å². The SMILES string of the molecule is CN1CCN=C1CCONC(=O)c1ccc(N)c(Cl)c1.Cl. The summed E-state index contributed by atoms with van der Waals surface area (Å²) in [5, 5.41) is 0.347. The van der Waals surface area contributed by atoms with Gasteiger partial charge in [0.15, 0.2) is 0 Å². The van der Waals surface area contributed by atoms with Crippen molar-refractivity contribution in [2.75, 3.05) is 32.5 Å². The summed E-state index contributed by atoms with van der Waals surface area (Å²) in [6.45, 7) is 2.13. The monoisotopic (exact) mass is 332 g/mol. The van der Waals surface area contributed by atoms with Crippen LogP contribution < -0.4 is 11.2 Å². The van der Waals surface area contributed by atoms with Crippen molar-refractivity contribution in [1.82, 2.24) is 10.4 Å². The van der Waals surface area contributed by atoms with E-state index >= 15 is 0 Å². The van der Waals surface area contributed by atoms with E-state index < -0.39 is 0 Å². The Morgan fingerprint density at radius 1 is 1.57 bits per heavy atom. The molecule has 0 radical (unpaired) electrons. The molecule has 0 aliphatic carbocycles. The lowest BCUT2D eigenvalue weighted by atomic mass is 10.2. The minimum Gasteiger partial charge on any atom is -0.398 e. The van der Waals surface area contributed by atoms with Crippen molar-refractivity contribution >= 4 is 41.4 Å². The zero-order valence-electron chi connectivity index (χ0n) is 11.6. The maximum atomic E-state index is 11.8. The second-order valence-corrected chi connectivity index (χ2v) is 4.89. The molecule has 116 valence electrons. The first kappa shape index (κ1) is 17.6. The van der Waals surface area contributed by atoms with E-state index in [2.05, 4.69) is 15.4 Å². The molecule has 0 fully saturated rings. The van der Waals surface area contributed by atoms with Gasteiger partial charge in [-0.1, -0.05) is 11.6 Å². The summed E-state index contributed by atoms with van der Waals surface area (Å²) in [4.78, 5) is 23.3. The smallest absolute Gasteiger partial charge is 0.274 e. The van der Waals surface area contributed by atoms with Crippen LogP contribution in [0.2, 0.25) is 5.02 Å². The normalized spacial score (nSPS) is 13.6. The number of anilines is 1. The highest BCUT2D eigenvalue weighted by Crippen LogP contribution is 2.19.